The van der Waals surface area contributed by atoms with Crippen LogP contribution in [0.2, 0.25) is 0 Å². The van der Waals surface area contributed by atoms with Crippen LogP contribution < -0.4 is 14.4 Å². The minimum Gasteiger partial charge on any atom is -0.481 e. The van der Waals surface area contributed by atoms with E-state index in [1.807, 2.05) is 32.9 Å². The molecule has 0 bridgehead atoms. The molecule has 6 nitrogen and oxygen atoms in total. The molecule has 156 valence electrons. The lowest BCUT2D eigenvalue weighted by atomic mass is 10.1. The van der Waals surface area contributed by atoms with E-state index in [-0.39, 0.29) is 12.4 Å². The number of nitrogens with zero attached hydrogens (tertiary/aromatic N) is 1. The van der Waals surface area contributed by atoms with E-state index < -0.39 is 17.8 Å². The maximum Gasteiger partial charge on any atom is 0.349 e. The Morgan fingerprint density at radius 2 is 1.48 bits per heavy atom. The SMILES string of the molecule is Cc1ccc(C)c(OCC(=O)Oc2cccc(N3C(=O)c4ccccc4C3=O)c2)c1C. The van der Waals surface area contributed by atoms with Gasteiger partial charge in [-0.1, -0.05) is 30.3 Å². The van der Waals surface area contributed by atoms with Gasteiger partial charge in [0.05, 0.1) is 16.8 Å². The predicted molar refractivity (Wildman–Crippen MR) is 116 cm³/mol. The molecule has 6 heteroatoms. The van der Waals surface area contributed by atoms with Gasteiger partial charge >= 0.3 is 5.97 Å². The molecule has 0 radical (unpaired) electrons. The summed E-state index contributed by atoms with van der Waals surface area (Å²) >= 11 is 0. The summed E-state index contributed by atoms with van der Waals surface area (Å²) in [6.07, 6.45) is 0. The van der Waals surface area contributed by atoms with Crippen LogP contribution in [-0.2, 0) is 4.79 Å². The number of anilines is 1. The van der Waals surface area contributed by atoms with E-state index in [0.717, 1.165) is 21.6 Å². The highest BCUT2D eigenvalue weighted by Crippen LogP contribution is 2.30. The molecule has 3 aromatic rings. The third-order valence-corrected chi connectivity index (χ3v) is 5.31. The predicted octanol–water partition coefficient (Wildman–Crippen LogP) is 4.40. The smallest absolute Gasteiger partial charge is 0.349 e. The quantitative estimate of drug-likeness (QED) is 0.351. The first-order valence-corrected chi connectivity index (χ1v) is 9.85. The van der Waals surface area contributed by atoms with Crippen molar-refractivity contribution >= 4 is 23.5 Å². The number of hydrogen-bond acceptors (Lipinski definition) is 5. The first-order valence-electron chi connectivity index (χ1n) is 9.85. The molecule has 1 aliphatic heterocycles. The second-order valence-corrected chi connectivity index (χ2v) is 7.40. The standard InChI is InChI=1S/C25H21NO5/c1-15-11-12-16(2)23(17(15)3)30-14-22(27)31-19-8-6-7-18(13-19)26-24(28)20-9-4-5-10-21(20)25(26)29/h4-13H,14H2,1-3H3. The van der Waals surface area contributed by atoms with Crippen LogP contribution >= 0.6 is 0 Å². The fourth-order valence-corrected chi connectivity index (χ4v) is 3.55. The summed E-state index contributed by atoms with van der Waals surface area (Å²) in [6.45, 7) is 5.57. The number of esters is 1. The van der Waals surface area contributed by atoms with Crippen molar-refractivity contribution in [2.45, 2.75) is 20.8 Å². The molecular formula is C25H21NO5. The molecule has 0 aromatic heterocycles. The van der Waals surface area contributed by atoms with E-state index in [1.54, 1.807) is 42.5 Å². The summed E-state index contributed by atoms with van der Waals surface area (Å²) in [6, 6.07) is 16.9. The molecule has 2 amide bonds. The highest BCUT2D eigenvalue weighted by atomic mass is 16.6. The van der Waals surface area contributed by atoms with Crippen LogP contribution in [0.5, 0.6) is 11.5 Å². The van der Waals surface area contributed by atoms with E-state index in [0.29, 0.717) is 22.6 Å². The number of benzene rings is 3. The van der Waals surface area contributed by atoms with Gasteiger partial charge in [0, 0.05) is 6.07 Å². The van der Waals surface area contributed by atoms with Crippen LogP contribution in [0.15, 0.2) is 60.7 Å². The van der Waals surface area contributed by atoms with Crippen LogP contribution in [0.1, 0.15) is 37.4 Å². The Kier molecular flexibility index (Phi) is 5.29. The molecule has 0 aliphatic carbocycles. The normalized spacial score (nSPS) is 12.7. The minimum atomic E-state index is -0.584. The fraction of sp³-hybridized carbons (Fsp3) is 0.160. The zero-order valence-electron chi connectivity index (χ0n) is 17.5. The molecule has 0 atom stereocenters. The van der Waals surface area contributed by atoms with Gasteiger partial charge in [-0.15, -0.1) is 0 Å². The molecule has 1 aliphatic rings. The number of ether oxygens (including phenoxy) is 2. The number of amides is 2. The zero-order valence-corrected chi connectivity index (χ0v) is 17.5. The van der Waals surface area contributed by atoms with E-state index >= 15 is 0 Å². The average Bonchev–Trinajstić information content (AvgIpc) is 3.01. The summed E-state index contributed by atoms with van der Waals surface area (Å²) in [5, 5.41) is 0. The summed E-state index contributed by atoms with van der Waals surface area (Å²) in [5.41, 5.74) is 4.02. The Morgan fingerprint density at radius 3 is 2.16 bits per heavy atom. The number of carbonyl (C=O) groups is 3. The molecule has 0 spiro atoms. The number of carbonyl (C=O) groups excluding carboxylic acids is 3. The summed E-state index contributed by atoms with van der Waals surface area (Å²) < 4.78 is 11.1. The van der Waals surface area contributed by atoms with Gasteiger partial charge in [-0.2, -0.15) is 0 Å². The second kappa shape index (κ2) is 8.07. The van der Waals surface area contributed by atoms with Gasteiger partial charge in [0.25, 0.3) is 11.8 Å². The maximum absolute atomic E-state index is 12.7. The molecule has 3 aromatic carbocycles. The fourth-order valence-electron chi connectivity index (χ4n) is 3.55. The van der Waals surface area contributed by atoms with Crippen molar-refractivity contribution in [1.82, 2.24) is 0 Å². The van der Waals surface area contributed by atoms with Crippen molar-refractivity contribution in [2.75, 3.05) is 11.5 Å². The van der Waals surface area contributed by atoms with Crippen LogP contribution in [0, 0.1) is 20.8 Å². The number of imide groups is 1. The Hall–Kier alpha value is -3.93. The Morgan fingerprint density at radius 1 is 0.839 bits per heavy atom. The zero-order chi connectivity index (χ0) is 22.1. The van der Waals surface area contributed by atoms with Crippen LogP contribution in [-0.4, -0.2) is 24.4 Å². The van der Waals surface area contributed by atoms with Crippen molar-refractivity contribution in [3.8, 4) is 11.5 Å². The monoisotopic (exact) mass is 415 g/mol. The average molecular weight is 415 g/mol. The number of hydrogen-bond donors (Lipinski definition) is 0. The Balaban J connectivity index is 1.47. The lowest BCUT2D eigenvalue weighted by Crippen LogP contribution is -2.29. The molecule has 0 fully saturated rings. The van der Waals surface area contributed by atoms with Gasteiger partial charge in [-0.05, 0) is 61.7 Å². The minimum absolute atomic E-state index is 0.223. The third-order valence-electron chi connectivity index (χ3n) is 5.31. The number of aryl methyl sites for hydroxylation is 2. The first-order chi connectivity index (χ1) is 14.9. The molecular weight excluding hydrogens is 394 g/mol. The molecule has 1 heterocycles. The van der Waals surface area contributed by atoms with Crippen molar-refractivity contribution in [2.24, 2.45) is 0 Å². The van der Waals surface area contributed by atoms with E-state index in [9.17, 15) is 14.4 Å². The van der Waals surface area contributed by atoms with Gasteiger partial charge in [0.2, 0.25) is 0 Å². The Labute approximate surface area is 180 Å². The molecule has 4 rings (SSSR count). The molecule has 0 saturated heterocycles. The molecule has 0 unspecified atom stereocenters. The van der Waals surface area contributed by atoms with Gasteiger partial charge in [-0.3, -0.25) is 9.59 Å². The van der Waals surface area contributed by atoms with Gasteiger partial charge < -0.3 is 9.47 Å². The largest absolute Gasteiger partial charge is 0.481 e. The summed E-state index contributed by atoms with van der Waals surface area (Å²) in [7, 11) is 0. The molecule has 31 heavy (non-hydrogen) atoms. The molecule has 0 N–H and O–H groups in total. The number of rotatable bonds is 5. The first kappa shape index (κ1) is 20.3. The summed E-state index contributed by atoms with van der Waals surface area (Å²) in [5.74, 6) is -0.507. The Bertz CT molecular complexity index is 1180. The van der Waals surface area contributed by atoms with Crippen LogP contribution in [0.3, 0.4) is 0 Å². The highest BCUT2D eigenvalue weighted by Gasteiger charge is 2.36. The van der Waals surface area contributed by atoms with E-state index in [4.69, 9.17) is 9.47 Å². The van der Waals surface area contributed by atoms with Gasteiger partial charge in [0.15, 0.2) is 6.61 Å². The van der Waals surface area contributed by atoms with Gasteiger partial charge in [-0.25, -0.2) is 9.69 Å². The van der Waals surface area contributed by atoms with Crippen LogP contribution in [0.25, 0.3) is 0 Å². The van der Waals surface area contributed by atoms with Gasteiger partial charge in [0.1, 0.15) is 11.5 Å². The van der Waals surface area contributed by atoms with Crippen LogP contribution in [0.4, 0.5) is 5.69 Å². The lowest BCUT2D eigenvalue weighted by Gasteiger charge is -2.15. The topological polar surface area (TPSA) is 72.9 Å². The lowest BCUT2D eigenvalue weighted by molar-refractivity contribution is -0.136. The summed E-state index contributed by atoms with van der Waals surface area (Å²) in [4.78, 5) is 38.8. The molecule has 0 saturated carbocycles. The maximum atomic E-state index is 12.7. The second-order valence-electron chi connectivity index (χ2n) is 7.40. The highest BCUT2D eigenvalue weighted by molar-refractivity contribution is 6.34. The van der Waals surface area contributed by atoms with Crippen molar-refractivity contribution in [1.29, 1.82) is 0 Å². The van der Waals surface area contributed by atoms with E-state index in [2.05, 4.69) is 0 Å². The number of fused-ring (bicyclic) bond motifs is 1. The third kappa shape index (κ3) is 3.80. The van der Waals surface area contributed by atoms with E-state index in [1.165, 1.54) is 6.07 Å². The van der Waals surface area contributed by atoms with Crippen molar-refractivity contribution in [3.05, 3.63) is 88.5 Å². The van der Waals surface area contributed by atoms with Crippen molar-refractivity contribution in [3.63, 3.8) is 0 Å². The van der Waals surface area contributed by atoms with Crippen molar-refractivity contribution < 1.29 is 23.9 Å².